The highest BCUT2D eigenvalue weighted by atomic mass is 16.5. The Labute approximate surface area is 210 Å². The molecule has 8 nitrogen and oxygen atoms in total. The summed E-state index contributed by atoms with van der Waals surface area (Å²) >= 11 is 0. The van der Waals surface area contributed by atoms with Crippen LogP contribution in [0.2, 0.25) is 0 Å². The highest BCUT2D eigenvalue weighted by Crippen LogP contribution is 2.54. The van der Waals surface area contributed by atoms with Gasteiger partial charge in [0, 0.05) is 12.0 Å². The van der Waals surface area contributed by atoms with Crippen molar-refractivity contribution in [1.29, 1.82) is 0 Å². The minimum Gasteiger partial charge on any atom is -0.497 e. The fraction of sp³-hybridized carbons (Fsp3) is 0.393. The van der Waals surface area contributed by atoms with Gasteiger partial charge in [-0.1, -0.05) is 36.4 Å². The number of rotatable bonds is 8. The van der Waals surface area contributed by atoms with Crippen LogP contribution in [0.3, 0.4) is 0 Å². The molecule has 2 aliphatic heterocycles. The summed E-state index contributed by atoms with van der Waals surface area (Å²) in [6, 6.07) is 14.6. The first-order valence-electron chi connectivity index (χ1n) is 11.9. The van der Waals surface area contributed by atoms with Crippen LogP contribution >= 0.6 is 0 Å². The molecule has 0 unspecified atom stereocenters. The Morgan fingerprint density at radius 3 is 2.31 bits per heavy atom. The molecular weight excluding hydrogens is 462 g/mol. The van der Waals surface area contributed by atoms with E-state index < -0.39 is 35.1 Å². The largest absolute Gasteiger partial charge is 0.497 e. The third-order valence-electron chi connectivity index (χ3n) is 7.31. The monoisotopic (exact) mass is 493 g/mol. The molecule has 190 valence electrons. The standard InChI is InChI=1S/C28H31NO7/c1-33-20-10-5-8-18(16-20)13-14-28(27(32)36-4)24(25(30)26(31)35-3)23(22-12-7-15-29(22)28)19-9-6-11-21(17-19)34-2/h5-6,8-11,13-14,16-17,22-24H,7,12,15H2,1-4H3/b14-13+/t22-,23-,24-,28+/m0/s1. The number of nitrogens with zero attached hydrogens (tertiary/aromatic N) is 1. The lowest BCUT2D eigenvalue weighted by atomic mass is 9.71. The van der Waals surface area contributed by atoms with E-state index in [-0.39, 0.29) is 6.04 Å². The van der Waals surface area contributed by atoms with Crippen molar-refractivity contribution in [3.63, 3.8) is 0 Å². The van der Waals surface area contributed by atoms with Crippen molar-refractivity contribution in [2.24, 2.45) is 5.92 Å². The van der Waals surface area contributed by atoms with E-state index in [0.29, 0.717) is 18.0 Å². The van der Waals surface area contributed by atoms with Gasteiger partial charge >= 0.3 is 11.9 Å². The summed E-state index contributed by atoms with van der Waals surface area (Å²) in [4.78, 5) is 42.1. The molecule has 2 saturated heterocycles. The molecule has 4 atom stereocenters. The predicted molar refractivity (Wildman–Crippen MR) is 133 cm³/mol. The lowest BCUT2D eigenvalue weighted by molar-refractivity contribution is -0.160. The summed E-state index contributed by atoms with van der Waals surface area (Å²) in [5, 5.41) is 0. The first kappa shape index (κ1) is 25.4. The molecule has 0 aromatic heterocycles. The number of carbonyl (C=O) groups excluding carboxylic acids is 3. The van der Waals surface area contributed by atoms with Crippen LogP contribution < -0.4 is 9.47 Å². The molecular formula is C28H31NO7. The molecule has 0 radical (unpaired) electrons. The average Bonchev–Trinajstić information content (AvgIpc) is 3.51. The van der Waals surface area contributed by atoms with Crippen molar-refractivity contribution in [2.45, 2.75) is 30.3 Å². The second-order valence-electron chi connectivity index (χ2n) is 8.97. The summed E-state index contributed by atoms with van der Waals surface area (Å²) in [7, 11) is 5.62. The number of ketones is 1. The van der Waals surface area contributed by atoms with Crippen LogP contribution in [0.4, 0.5) is 0 Å². The van der Waals surface area contributed by atoms with Crippen LogP contribution in [-0.2, 0) is 23.9 Å². The Morgan fingerprint density at radius 1 is 0.944 bits per heavy atom. The molecule has 0 N–H and O–H groups in total. The average molecular weight is 494 g/mol. The van der Waals surface area contributed by atoms with Crippen molar-refractivity contribution in [3.05, 3.63) is 65.7 Å². The molecule has 2 aliphatic rings. The van der Waals surface area contributed by atoms with Gasteiger partial charge in [-0.2, -0.15) is 0 Å². The zero-order chi connectivity index (χ0) is 25.9. The second-order valence-corrected chi connectivity index (χ2v) is 8.97. The van der Waals surface area contributed by atoms with Gasteiger partial charge in [-0.3, -0.25) is 9.69 Å². The lowest BCUT2D eigenvalue weighted by Gasteiger charge is -2.36. The first-order valence-corrected chi connectivity index (χ1v) is 11.9. The van der Waals surface area contributed by atoms with Gasteiger partial charge in [0.25, 0.3) is 0 Å². The van der Waals surface area contributed by atoms with Gasteiger partial charge < -0.3 is 18.9 Å². The normalized spacial score (nSPS) is 25.4. The predicted octanol–water partition coefficient (Wildman–Crippen LogP) is 3.25. The van der Waals surface area contributed by atoms with E-state index >= 15 is 0 Å². The van der Waals surface area contributed by atoms with Gasteiger partial charge in [0.05, 0.1) is 34.4 Å². The Morgan fingerprint density at radius 2 is 1.64 bits per heavy atom. The molecule has 2 aromatic rings. The molecule has 0 saturated carbocycles. The van der Waals surface area contributed by atoms with Crippen molar-refractivity contribution in [2.75, 3.05) is 35.0 Å². The molecule has 4 rings (SSSR count). The first-order chi connectivity index (χ1) is 17.4. The lowest BCUT2D eigenvalue weighted by Crippen LogP contribution is -2.56. The molecule has 36 heavy (non-hydrogen) atoms. The molecule has 0 amide bonds. The topological polar surface area (TPSA) is 91.4 Å². The second kappa shape index (κ2) is 10.5. The van der Waals surface area contributed by atoms with Gasteiger partial charge in [-0.15, -0.1) is 0 Å². The minimum absolute atomic E-state index is 0.162. The Hall–Kier alpha value is -3.65. The number of methoxy groups -OCH3 is 4. The Bertz CT molecular complexity index is 1180. The van der Waals surface area contributed by atoms with E-state index in [2.05, 4.69) is 0 Å². The van der Waals surface area contributed by atoms with Crippen LogP contribution in [0.5, 0.6) is 11.5 Å². The molecule has 0 spiro atoms. The Balaban J connectivity index is 1.93. The van der Waals surface area contributed by atoms with Crippen molar-refractivity contribution < 1.29 is 33.3 Å². The maximum atomic E-state index is 13.7. The van der Waals surface area contributed by atoms with E-state index in [1.54, 1.807) is 26.4 Å². The van der Waals surface area contributed by atoms with Gasteiger partial charge in [-0.25, -0.2) is 9.59 Å². The fourth-order valence-electron chi connectivity index (χ4n) is 5.80. The maximum absolute atomic E-state index is 13.7. The van der Waals surface area contributed by atoms with Crippen molar-refractivity contribution in [1.82, 2.24) is 4.90 Å². The summed E-state index contributed by atoms with van der Waals surface area (Å²) in [5.74, 6) is -2.58. The number of benzene rings is 2. The van der Waals surface area contributed by atoms with Gasteiger partial charge in [0.1, 0.15) is 17.0 Å². The molecule has 8 heteroatoms. The highest BCUT2D eigenvalue weighted by Gasteiger charge is 2.67. The number of esters is 2. The number of ether oxygens (including phenoxy) is 4. The molecule has 2 aromatic carbocycles. The van der Waals surface area contributed by atoms with Crippen molar-refractivity contribution in [3.8, 4) is 11.5 Å². The van der Waals surface area contributed by atoms with Crippen LogP contribution in [0.25, 0.3) is 6.08 Å². The molecule has 2 heterocycles. The number of Topliss-reactive ketones (excluding diaryl/α,β-unsaturated/α-hetero) is 1. The van der Waals surface area contributed by atoms with Crippen LogP contribution in [0.15, 0.2) is 54.6 Å². The van der Waals surface area contributed by atoms with Gasteiger partial charge in [0.2, 0.25) is 5.78 Å². The minimum atomic E-state index is -1.50. The number of hydrogen-bond donors (Lipinski definition) is 0. The fourth-order valence-corrected chi connectivity index (χ4v) is 5.80. The highest BCUT2D eigenvalue weighted by molar-refractivity contribution is 6.35. The van der Waals surface area contributed by atoms with E-state index in [1.165, 1.54) is 14.2 Å². The maximum Gasteiger partial charge on any atom is 0.374 e. The summed E-state index contributed by atoms with van der Waals surface area (Å²) in [6.07, 6.45) is 5.09. The molecule has 2 fully saturated rings. The van der Waals surface area contributed by atoms with Gasteiger partial charge in [0.15, 0.2) is 0 Å². The van der Waals surface area contributed by atoms with E-state index in [9.17, 15) is 14.4 Å². The van der Waals surface area contributed by atoms with E-state index in [0.717, 1.165) is 24.0 Å². The smallest absolute Gasteiger partial charge is 0.374 e. The SMILES string of the molecule is COC(=O)C(=O)[C@@H]1[C@@H](c2cccc(OC)c2)[C@@H]2CCCN2[C@@]1(/C=C/c1cccc(OC)c1)C(=O)OC. The number of fused-ring (bicyclic) bond motifs is 1. The van der Waals surface area contributed by atoms with Gasteiger partial charge in [-0.05, 0) is 54.8 Å². The zero-order valence-corrected chi connectivity index (χ0v) is 20.9. The third-order valence-corrected chi connectivity index (χ3v) is 7.31. The van der Waals surface area contributed by atoms with Crippen LogP contribution in [-0.4, -0.2) is 69.2 Å². The summed E-state index contributed by atoms with van der Waals surface area (Å²) in [6.45, 7) is 0.577. The van der Waals surface area contributed by atoms with Crippen LogP contribution in [0, 0.1) is 5.92 Å². The quantitative estimate of drug-likeness (QED) is 0.409. The number of carbonyl (C=O) groups is 3. The Kier molecular flexibility index (Phi) is 7.45. The number of hydrogen-bond acceptors (Lipinski definition) is 8. The van der Waals surface area contributed by atoms with E-state index in [4.69, 9.17) is 18.9 Å². The van der Waals surface area contributed by atoms with Crippen LogP contribution in [0.1, 0.15) is 29.9 Å². The molecule has 0 aliphatic carbocycles. The third kappa shape index (κ3) is 4.26. The molecule has 0 bridgehead atoms. The van der Waals surface area contributed by atoms with Crippen molar-refractivity contribution >= 4 is 23.8 Å². The summed E-state index contributed by atoms with van der Waals surface area (Å²) < 4.78 is 20.9. The zero-order valence-electron chi connectivity index (χ0n) is 20.9. The summed E-state index contributed by atoms with van der Waals surface area (Å²) in [5.41, 5.74) is 0.0920. The van der Waals surface area contributed by atoms with E-state index in [1.807, 2.05) is 53.4 Å².